The summed E-state index contributed by atoms with van der Waals surface area (Å²) in [5.74, 6) is 0. The monoisotopic (exact) mass is 256 g/mol. The van der Waals surface area contributed by atoms with Crippen molar-refractivity contribution in [1.82, 2.24) is 15.3 Å². The molecule has 3 rings (SSSR count). The van der Waals surface area contributed by atoms with Crippen molar-refractivity contribution in [3.8, 4) is 0 Å². The Morgan fingerprint density at radius 3 is 3.00 bits per heavy atom. The third-order valence-corrected chi connectivity index (χ3v) is 3.69. The number of H-pyrrole nitrogens is 1. The largest absolute Gasteiger partial charge is 0.370 e. The first-order valence-corrected chi connectivity index (χ1v) is 6.92. The average Bonchev–Trinajstić information content (AvgIpc) is 3.11. The van der Waals surface area contributed by atoms with Gasteiger partial charge in [0.25, 0.3) is 0 Å². The highest BCUT2D eigenvalue weighted by atomic mass is 15.2. The number of anilines is 1. The molecule has 2 heterocycles. The Kier molecular flexibility index (Phi) is 3.79. The molecule has 2 N–H and O–H groups in total. The summed E-state index contributed by atoms with van der Waals surface area (Å²) in [4.78, 5) is 9.62. The lowest BCUT2D eigenvalue weighted by Crippen LogP contribution is -2.33. The standard InChI is InChI=1S/C15H20N4/c1-2-4-15(5-3-1)19-9-7-14(11-19)17-8-6-13-10-16-12-18-13/h1-5,10,12,14,17H,6-9,11H2,(H,16,18)/t14-/m0/s1. The molecule has 1 aromatic carbocycles. The Bertz CT molecular complexity index is 480. The minimum atomic E-state index is 0.600. The first-order chi connectivity index (χ1) is 9.42. The summed E-state index contributed by atoms with van der Waals surface area (Å²) in [6.45, 7) is 3.26. The topological polar surface area (TPSA) is 44.0 Å². The average molecular weight is 256 g/mol. The fraction of sp³-hybridized carbons (Fsp3) is 0.400. The minimum Gasteiger partial charge on any atom is -0.370 e. The van der Waals surface area contributed by atoms with Gasteiger partial charge in [-0.2, -0.15) is 0 Å². The van der Waals surface area contributed by atoms with Gasteiger partial charge in [0, 0.05) is 49.7 Å². The van der Waals surface area contributed by atoms with Crippen LogP contribution < -0.4 is 10.2 Å². The van der Waals surface area contributed by atoms with Gasteiger partial charge >= 0.3 is 0 Å². The minimum absolute atomic E-state index is 0.600. The van der Waals surface area contributed by atoms with Gasteiger partial charge in [-0.05, 0) is 18.6 Å². The maximum Gasteiger partial charge on any atom is 0.0921 e. The SMILES string of the molecule is c1ccc(N2CC[C@H](NCCc3cnc[nH]3)C2)cc1. The molecule has 1 aliphatic heterocycles. The predicted octanol–water partition coefficient (Wildman–Crippen LogP) is 1.82. The van der Waals surface area contributed by atoms with E-state index in [4.69, 9.17) is 0 Å². The zero-order chi connectivity index (χ0) is 12.9. The lowest BCUT2D eigenvalue weighted by Gasteiger charge is -2.18. The number of aromatic nitrogens is 2. The summed E-state index contributed by atoms with van der Waals surface area (Å²) < 4.78 is 0. The maximum absolute atomic E-state index is 4.03. The first kappa shape index (κ1) is 12.2. The number of hydrogen-bond acceptors (Lipinski definition) is 3. The van der Waals surface area contributed by atoms with E-state index in [2.05, 4.69) is 50.5 Å². The third kappa shape index (κ3) is 3.15. The van der Waals surface area contributed by atoms with Crippen LogP contribution in [0.15, 0.2) is 42.9 Å². The summed E-state index contributed by atoms with van der Waals surface area (Å²) in [5.41, 5.74) is 2.53. The van der Waals surface area contributed by atoms with Crippen molar-refractivity contribution >= 4 is 5.69 Å². The fourth-order valence-electron chi connectivity index (χ4n) is 2.63. The van der Waals surface area contributed by atoms with Gasteiger partial charge in [-0.25, -0.2) is 4.98 Å². The van der Waals surface area contributed by atoms with Crippen LogP contribution in [0.5, 0.6) is 0 Å². The van der Waals surface area contributed by atoms with Crippen LogP contribution in [0.3, 0.4) is 0 Å². The zero-order valence-electron chi connectivity index (χ0n) is 11.0. The molecular weight excluding hydrogens is 236 g/mol. The van der Waals surface area contributed by atoms with Crippen molar-refractivity contribution in [2.75, 3.05) is 24.5 Å². The Morgan fingerprint density at radius 2 is 2.21 bits per heavy atom. The van der Waals surface area contributed by atoms with E-state index in [1.807, 2.05) is 6.20 Å². The number of benzene rings is 1. The quantitative estimate of drug-likeness (QED) is 0.857. The number of nitrogens with one attached hydrogen (secondary N) is 2. The molecule has 0 bridgehead atoms. The summed E-state index contributed by atoms with van der Waals surface area (Å²) in [6.07, 6.45) is 5.87. The lowest BCUT2D eigenvalue weighted by molar-refractivity contribution is 0.552. The van der Waals surface area contributed by atoms with Crippen LogP contribution in [-0.2, 0) is 6.42 Å². The molecule has 0 saturated carbocycles. The van der Waals surface area contributed by atoms with Crippen LogP contribution in [-0.4, -0.2) is 35.6 Å². The van der Waals surface area contributed by atoms with Crippen molar-refractivity contribution in [3.05, 3.63) is 48.5 Å². The molecule has 1 atom stereocenters. The van der Waals surface area contributed by atoms with Crippen LogP contribution in [0.25, 0.3) is 0 Å². The van der Waals surface area contributed by atoms with E-state index in [0.29, 0.717) is 6.04 Å². The van der Waals surface area contributed by atoms with Crippen LogP contribution >= 0.6 is 0 Å². The van der Waals surface area contributed by atoms with Crippen molar-refractivity contribution in [2.45, 2.75) is 18.9 Å². The summed E-state index contributed by atoms with van der Waals surface area (Å²) in [5, 5.41) is 3.63. The molecule has 100 valence electrons. The van der Waals surface area contributed by atoms with Crippen molar-refractivity contribution in [1.29, 1.82) is 0 Å². The number of rotatable bonds is 5. The number of nitrogens with zero attached hydrogens (tertiary/aromatic N) is 2. The van der Waals surface area contributed by atoms with Crippen LogP contribution in [0, 0.1) is 0 Å². The second kappa shape index (κ2) is 5.89. The second-order valence-electron chi connectivity index (χ2n) is 5.05. The molecule has 1 saturated heterocycles. The molecule has 1 fully saturated rings. The highest BCUT2D eigenvalue weighted by Gasteiger charge is 2.21. The van der Waals surface area contributed by atoms with Crippen LogP contribution in [0.2, 0.25) is 0 Å². The van der Waals surface area contributed by atoms with Gasteiger partial charge in [0.05, 0.1) is 6.33 Å². The number of para-hydroxylation sites is 1. The summed E-state index contributed by atoms with van der Waals surface area (Å²) >= 11 is 0. The van der Waals surface area contributed by atoms with Gasteiger partial charge in [-0.1, -0.05) is 18.2 Å². The number of imidazole rings is 1. The van der Waals surface area contributed by atoms with E-state index in [9.17, 15) is 0 Å². The van der Waals surface area contributed by atoms with E-state index < -0.39 is 0 Å². The molecule has 4 heteroatoms. The summed E-state index contributed by atoms with van der Waals surface area (Å²) in [6, 6.07) is 11.3. The van der Waals surface area contributed by atoms with Gasteiger partial charge in [0.1, 0.15) is 0 Å². The predicted molar refractivity (Wildman–Crippen MR) is 77.4 cm³/mol. The Labute approximate surface area is 113 Å². The molecule has 19 heavy (non-hydrogen) atoms. The Hall–Kier alpha value is -1.81. The molecule has 0 unspecified atom stereocenters. The highest BCUT2D eigenvalue weighted by molar-refractivity contribution is 5.47. The van der Waals surface area contributed by atoms with Crippen LogP contribution in [0.4, 0.5) is 5.69 Å². The molecule has 0 radical (unpaired) electrons. The Balaban J connectivity index is 1.44. The van der Waals surface area contributed by atoms with Crippen molar-refractivity contribution in [2.24, 2.45) is 0 Å². The van der Waals surface area contributed by atoms with E-state index in [1.54, 1.807) is 6.33 Å². The first-order valence-electron chi connectivity index (χ1n) is 6.92. The smallest absolute Gasteiger partial charge is 0.0921 e. The van der Waals surface area contributed by atoms with Crippen molar-refractivity contribution < 1.29 is 0 Å². The molecule has 0 spiro atoms. The van der Waals surface area contributed by atoms with Gasteiger partial charge in [-0.3, -0.25) is 0 Å². The van der Waals surface area contributed by atoms with Gasteiger partial charge in [-0.15, -0.1) is 0 Å². The number of hydrogen-bond donors (Lipinski definition) is 2. The normalized spacial score (nSPS) is 18.9. The molecule has 1 aromatic heterocycles. The molecule has 4 nitrogen and oxygen atoms in total. The highest BCUT2D eigenvalue weighted by Crippen LogP contribution is 2.19. The van der Waals surface area contributed by atoms with E-state index in [1.165, 1.54) is 17.8 Å². The summed E-state index contributed by atoms with van der Waals surface area (Å²) in [7, 11) is 0. The number of aromatic amines is 1. The van der Waals surface area contributed by atoms with E-state index in [-0.39, 0.29) is 0 Å². The molecule has 2 aromatic rings. The molecular formula is C15H20N4. The Morgan fingerprint density at radius 1 is 1.32 bits per heavy atom. The van der Waals surface area contributed by atoms with Gasteiger partial charge in [0.2, 0.25) is 0 Å². The van der Waals surface area contributed by atoms with Crippen LogP contribution in [0.1, 0.15) is 12.1 Å². The van der Waals surface area contributed by atoms with E-state index >= 15 is 0 Å². The van der Waals surface area contributed by atoms with Crippen molar-refractivity contribution in [3.63, 3.8) is 0 Å². The fourth-order valence-corrected chi connectivity index (χ4v) is 2.63. The molecule has 0 amide bonds. The molecule has 0 aliphatic carbocycles. The lowest BCUT2D eigenvalue weighted by atomic mass is 10.2. The van der Waals surface area contributed by atoms with Gasteiger partial charge < -0.3 is 15.2 Å². The van der Waals surface area contributed by atoms with Gasteiger partial charge in [0.15, 0.2) is 0 Å². The zero-order valence-corrected chi connectivity index (χ0v) is 11.0. The molecule has 1 aliphatic rings. The third-order valence-electron chi connectivity index (χ3n) is 3.69. The van der Waals surface area contributed by atoms with E-state index in [0.717, 1.165) is 26.1 Å². The second-order valence-corrected chi connectivity index (χ2v) is 5.05. The maximum atomic E-state index is 4.03.